The third kappa shape index (κ3) is 2.16. The summed E-state index contributed by atoms with van der Waals surface area (Å²) in [4.78, 5) is 21.2. The van der Waals surface area contributed by atoms with Crippen molar-refractivity contribution in [3.05, 3.63) is 37.8 Å². The molecule has 0 amide bonds. The van der Waals surface area contributed by atoms with Gasteiger partial charge < -0.3 is 10.4 Å². The lowest BCUT2D eigenvalue weighted by Gasteiger charge is -2.23. The van der Waals surface area contributed by atoms with Gasteiger partial charge in [0.2, 0.25) is 0 Å². The van der Waals surface area contributed by atoms with Crippen molar-refractivity contribution in [1.82, 2.24) is 5.32 Å². The minimum atomic E-state index is -0.950. The second-order valence-corrected chi connectivity index (χ2v) is 4.56. The van der Waals surface area contributed by atoms with E-state index in [1.807, 2.05) is 0 Å². The van der Waals surface area contributed by atoms with Crippen LogP contribution in [0.5, 0.6) is 0 Å². The molecule has 7 heteroatoms. The van der Waals surface area contributed by atoms with Crippen LogP contribution in [-0.2, 0) is 17.8 Å². The van der Waals surface area contributed by atoms with Crippen molar-refractivity contribution in [3.8, 4) is 0 Å². The summed E-state index contributed by atoms with van der Waals surface area (Å²) in [5.74, 6) is -0.950. The Balaban J connectivity index is 2.44. The molecule has 0 aliphatic carbocycles. The van der Waals surface area contributed by atoms with Crippen molar-refractivity contribution >= 4 is 27.6 Å². The number of carbonyl (C=O) groups is 1. The molecule has 1 aliphatic heterocycles. The van der Waals surface area contributed by atoms with Crippen LogP contribution in [0.25, 0.3) is 0 Å². The second kappa shape index (κ2) is 4.42. The van der Waals surface area contributed by atoms with Crippen LogP contribution in [0.2, 0.25) is 0 Å². The van der Waals surface area contributed by atoms with Crippen LogP contribution in [0.1, 0.15) is 11.1 Å². The Bertz CT molecular complexity index is 503. The van der Waals surface area contributed by atoms with Crippen LogP contribution in [0, 0.1) is 10.1 Å². The number of nitrogens with zero attached hydrogens (tertiary/aromatic N) is 1. The Morgan fingerprint density at radius 2 is 2.29 bits per heavy atom. The van der Waals surface area contributed by atoms with Gasteiger partial charge in [-0.05, 0) is 27.1 Å². The summed E-state index contributed by atoms with van der Waals surface area (Å²) >= 11 is 3.18. The molecule has 90 valence electrons. The summed E-state index contributed by atoms with van der Waals surface area (Å²) in [7, 11) is 0. The molecule has 2 rings (SSSR count). The van der Waals surface area contributed by atoms with Gasteiger partial charge >= 0.3 is 5.97 Å². The highest BCUT2D eigenvalue weighted by Gasteiger charge is 2.28. The molecule has 0 radical (unpaired) electrons. The number of rotatable bonds is 2. The lowest BCUT2D eigenvalue weighted by atomic mass is 9.95. The predicted molar refractivity (Wildman–Crippen MR) is 62.8 cm³/mol. The van der Waals surface area contributed by atoms with Gasteiger partial charge in [-0.25, -0.2) is 0 Å². The molecule has 2 N–H and O–H groups in total. The number of carboxylic acid groups (broad SMARTS) is 1. The van der Waals surface area contributed by atoms with Gasteiger partial charge in [0.15, 0.2) is 0 Å². The number of benzene rings is 1. The monoisotopic (exact) mass is 300 g/mol. The normalized spacial score (nSPS) is 18.5. The molecule has 1 aromatic rings. The van der Waals surface area contributed by atoms with Crippen molar-refractivity contribution in [3.63, 3.8) is 0 Å². The van der Waals surface area contributed by atoms with Gasteiger partial charge in [-0.15, -0.1) is 0 Å². The lowest BCUT2D eigenvalue weighted by Crippen LogP contribution is -2.41. The molecule has 1 aliphatic rings. The third-order valence-electron chi connectivity index (χ3n) is 2.76. The number of hydrogen-bond acceptors (Lipinski definition) is 4. The molecule has 0 fully saturated rings. The molecule has 17 heavy (non-hydrogen) atoms. The van der Waals surface area contributed by atoms with Gasteiger partial charge in [0.25, 0.3) is 5.69 Å². The van der Waals surface area contributed by atoms with E-state index in [0.29, 0.717) is 16.6 Å². The molecule has 1 heterocycles. The van der Waals surface area contributed by atoms with Crippen molar-refractivity contribution in [2.75, 3.05) is 0 Å². The number of nitrogens with one attached hydrogen (secondary N) is 1. The van der Waals surface area contributed by atoms with Gasteiger partial charge in [0, 0.05) is 19.0 Å². The summed E-state index contributed by atoms with van der Waals surface area (Å²) in [5, 5.41) is 22.5. The Morgan fingerprint density at radius 3 is 2.88 bits per heavy atom. The maximum absolute atomic E-state index is 10.9. The van der Waals surface area contributed by atoms with Crippen molar-refractivity contribution < 1.29 is 14.8 Å². The SMILES string of the molecule is O=C(O)C1Cc2c(ccc([N+](=O)[O-])c2Br)CN1. The summed E-state index contributed by atoms with van der Waals surface area (Å²) < 4.78 is 0.382. The summed E-state index contributed by atoms with van der Waals surface area (Å²) in [6.07, 6.45) is 0.243. The summed E-state index contributed by atoms with van der Waals surface area (Å²) in [6, 6.07) is 2.38. The maximum Gasteiger partial charge on any atom is 0.321 e. The number of halogens is 1. The highest BCUT2D eigenvalue weighted by atomic mass is 79.9. The van der Waals surface area contributed by atoms with Crippen LogP contribution in [0.4, 0.5) is 5.69 Å². The van der Waals surface area contributed by atoms with Crippen LogP contribution in [-0.4, -0.2) is 22.0 Å². The molecular weight excluding hydrogens is 292 g/mol. The van der Waals surface area contributed by atoms with E-state index >= 15 is 0 Å². The van der Waals surface area contributed by atoms with Gasteiger partial charge in [-0.2, -0.15) is 0 Å². The van der Waals surface area contributed by atoms with Crippen LogP contribution < -0.4 is 5.32 Å². The number of hydrogen-bond donors (Lipinski definition) is 2. The van der Waals surface area contributed by atoms with Crippen molar-refractivity contribution in [2.45, 2.75) is 19.0 Å². The number of nitro groups is 1. The van der Waals surface area contributed by atoms with Crippen LogP contribution >= 0.6 is 15.9 Å². The first-order valence-electron chi connectivity index (χ1n) is 4.91. The van der Waals surface area contributed by atoms with Gasteiger partial charge in [-0.1, -0.05) is 6.07 Å². The number of carboxylic acids is 1. The fraction of sp³-hybridized carbons (Fsp3) is 0.300. The highest BCUT2D eigenvalue weighted by molar-refractivity contribution is 9.10. The number of nitro benzene ring substituents is 1. The van der Waals surface area contributed by atoms with Gasteiger partial charge in [-0.3, -0.25) is 14.9 Å². The predicted octanol–water partition coefficient (Wildman–Crippen LogP) is 1.46. The standard InChI is InChI=1S/C10H9BrN2O4/c11-9-6-3-7(10(14)15)12-4-5(6)1-2-8(9)13(16)17/h1-2,7,12H,3-4H2,(H,14,15). The second-order valence-electron chi connectivity index (χ2n) is 3.77. The molecule has 0 aromatic heterocycles. The fourth-order valence-electron chi connectivity index (χ4n) is 1.86. The van der Waals surface area contributed by atoms with Crippen molar-refractivity contribution in [2.24, 2.45) is 0 Å². The Hall–Kier alpha value is -1.47. The van der Waals surface area contributed by atoms with E-state index in [9.17, 15) is 14.9 Å². The van der Waals surface area contributed by atoms with Crippen LogP contribution in [0.15, 0.2) is 16.6 Å². The van der Waals surface area contributed by atoms with E-state index in [-0.39, 0.29) is 12.1 Å². The van der Waals surface area contributed by atoms with E-state index in [4.69, 9.17) is 5.11 Å². The van der Waals surface area contributed by atoms with E-state index in [2.05, 4.69) is 21.2 Å². The van der Waals surface area contributed by atoms with E-state index in [1.54, 1.807) is 6.07 Å². The third-order valence-corrected chi connectivity index (χ3v) is 3.65. The van der Waals surface area contributed by atoms with Crippen molar-refractivity contribution in [1.29, 1.82) is 0 Å². The first-order chi connectivity index (χ1) is 8.00. The topological polar surface area (TPSA) is 92.5 Å². The zero-order valence-electron chi connectivity index (χ0n) is 8.64. The minimum absolute atomic E-state index is 0.0326. The molecule has 1 aromatic carbocycles. The quantitative estimate of drug-likeness (QED) is 0.637. The van der Waals surface area contributed by atoms with Gasteiger partial charge in [0.05, 0.1) is 9.40 Å². The number of fused-ring (bicyclic) bond motifs is 1. The Morgan fingerprint density at radius 1 is 1.59 bits per heavy atom. The minimum Gasteiger partial charge on any atom is -0.480 e. The lowest BCUT2D eigenvalue weighted by molar-refractivity contribution is -0.385. The van der Waals surface area contributed by atoms with E-state index < -0.39 is 16.9 Å². The van der Waals surface area contributed by atoms with Crippen LogP contribution in [0.3, 0.4) is 0 Å². The Kier molecular flexibility index (Phi) is 3.12. The first-order valence-corrected chi connectivity index (χ1v) is 5.71. The molecule has 1 unspecified atom stereocenters. The van der Waals surface area contributed by atoms with E-state index in [0.717, 1.165) is 5.56 Å². The molecule has 1 atom stereocenters. The average molecular weight is 301 g/mol. The smallest absolute Gasteiger partial charge is 0.321 e. The molecule has 0 saturated carbocycles. The van der Waals surface area contributed by atoms with E-state index in [1.165, 1.54) is 6.07 Å². The fourth-order valence-corrected chi connectivity index (χ4v) is 2.55. The first kappa shape index (κ1) is 12.0. The zero-order valence-corrected chi connectivity index (χ0v) is 10.2. The number of aliphatic carboxylic acids is 1. The Labute approximate surface area is 105 Å². The molecular formula is C10H9BrN2O4. The molecule has 0 saturated heterocycles. The summed E-state index contributed by atoms with van der Waals surface area (Å²) in [5.41, 5.74) is 1.56. The summed E-state index contributed by atoms with van der Waals surface area (Å²) in [6.45, 7) is 0.406. The maximum atomic E-state index is 10.9. The average Bonchev–Trinajstić information content (AvgIpc) is 2.28. The largest absolute Gasteiger partial charge is 0.480 e. The highest BCUT2D eigenvalue weighted by Crippen LogP contribution is 2.33. The zero-order chi connectivity index (χ0) is 12.6. The molecule has 0 spiro atoms. The molecule has 6 nitrogen and oxygen atoms in total. The molecule has 0 bridgehead atoms. The van der Waals surface area contributed by atoms with Gasteiger partial charge in [0.1, 0.15) is 6.04 Å².